The van der Waals surface area contributed by atoms with Crippen molar-refractivity contribution < 1.29 is 9.84 Å². The van der Waals surface area contributed by atoms with Crippen LogP contribution in [0.15, 0.2) is 22.7 Å². The van der Waals surface area contributed by atoms with Crippen molar-refractivity contribution >= 4 is 15.9 Å². The lowest BCUT2D eigenvalue weighted by atomic mass is 10.2. The average molecular weight is 259 g/mol. The Bertz CT molecular complexity index is 310. The fraction of sp³-hybridized carbons (Fsp3) is 0.455. The maximum atomic E-state index is 9.31. The van der Waals surface area contributed by atoms with Crippen LogP contribution in [0.3, 0.4) is 0 Å². The predicted molar refractivity (Wildman–Crippen MR) is 60.6 cm³/mol. The number of aryl methyl sites for hydroxylation is 1. The second-order valence-electron chi connectivity index (χ2n) is 3.47. The van der Waals surface area contributed by atoms with Gasteiger partial charge in [0.1, 0.15) is 11.9 Å². The van der Waals surface area contributed by atoms with Crippen molar-refractivity contribution in [3.63, 3.8) is 0 Å². The molecule has 0 aliphatic carbocycles. The van der Waals surface area contributed by atoms with E-state index in [1.54, 1.807) is 6.92 Å². The first kappa shape index (κ1) is 11.5. The average Bonchev–Trinajstić information content (AvgIpc) is 2.11. The molecule has 0 fully saturated rings. The van der Waals surface area contributed by atoms with Gasteiger partial charge in [-0.05, 0) is 38.5 Å². The maximum Gasteiger partial charge on any atom is 0.123 e. The first-order valence-electron chi connectivity index (χ1n) is 4.61. The lowest BCUT2D eigenvalue weighted by molar-refractivity contribution is 0.0600. The molecule has 0 heterocycles. The Kier molecular flexibility index (Phi) is 3.96. The van der Waals surface area contributed by atoms with Crippen LogP contribution in [0.25, 0.3) is 0 Å². The van der Waals surface area contributed by atoms with E-state index in [1.807, 2.05) is 32.0 Å². The molecule has 3 heteroatoms. The Balaban J connectivity index is 2.80. The number of rotatable bonds is 3. The summed E-state index contributed by atoms with van der Waals surface area (Å²) in [7, 11) is 0. The van der Waals surface area contributed by atoms with Gasteiger partial charge in [0.2, 0.25) is 0 Å². The summed E-state index contributed by atoms with van der Waals surface area (Å²) in [6.45, 7) is 5.56. The SMILES string of the molecule is Cc1ccc(Br)cc1OC(C)C(C)O. The first-order chi connectivity index (χ1) is 6.50. The quantitative estimate of drug-likeness (QED) is 0.904. The van der Waals surface area contributed by atoms with Gasteiger partial charge in [-0.15, -0.1) is 0 Å². The summed E-state index contributed by atoms with van der Waals surface area (Å²) < 4.78 is 6.59. The van der Waals surface area contributed by atoms with Gasteiger partial charge in [-0.25, -0.2) is 0 Å². The number of hydrogen-bond donors (Lipinski definition) is 1. The van der Waals surface area contributed by atoms with Gasteiger partial charge in [0.05, 0.1) is 6.10 Å². The first-order valence-corrected chi connectivity index (χ1v) is 5.41. The highest BCUT2D eigenvalue weighted by Crippen LogP contribution is 2.24. The highest BCUT2D eigenvalue weighted by molar-refractivity contribution is 9.10. The molecule has 0 amide bonds. The van der Waals surface area contributed by atoms with Gasteiger partial charge < -0.3 is 9.84 Å². The van der Waals surface area contributed by atoms with E-state index >= 15 is 0 Å². The van der Waals surface area contributed by atoms with E-state index in [-0.39, 0.29) is 6.10 Å². The fourth-order valence-electron chi connectivity index (χ4n) is 1.000. The van der Waals surface area contributed by atoms with Crippen LogP contribution in [0.5, 0.6) is 5.75 Å². The second kappa shape index (κ2) is 4.80. The highest BCUT2D eigenvalue weighted by atomic mass is 79.9. The Hall–Kier alpha value is -0.540. The van der Waals surface area contributed by atoms with Crippen molar-refractivity contribution in [3.05, 3.63) is 28.2 Å². The molecular weight excluding hydrogens is 244 g/mol. The summed E-state index contributed by atoms with van der Waals surface area (Å²) in [5.41, 5.74) is 1.07. The molecule has 1 aromatic carbocycles. The van der Waals surface area contributed by atoms with Gasteiger partial charge in [0.25, 0.3) is 0 Å². The third-order valence-corrected chi connectivity index (χ3v) is 2.64. The van der Waals surface area contributed by atoms with Crippen LogP contribution in [-0.4, -0.2) is 17.3 Å². The van der Waals surface area contributed by atoms with Crippen molar-refractivity contribution in [1.82, 2.24) is 0 Å². The largest absolute Gasteiger partial charge is 0.488 e. The third-order valence-electron chi connectivity index (χ3n) is 2.14. The molecule has 0 aliphatic rings. The fourth-order valence-corrected chi connectivity index (χ4v) is 1.34. The van der Waals surface area contributed by atoms with E-state index < -0.39 is 6.10 Å². The molecule has 0 bridgehead atoms. The molecule has 78 valence electrons. The molecule has 0 spiro atoms. The number of benzene rings is 1. The lowest BCUT2D eigenvalue weighted by Gasteiger charge is -2.18. The molecule has 2 atom stereocenters. The molecule has 0 aromatic heterocycles. The van der Waals surface area contributed by atoms with Crippen molar-refractivity contribution in [2.24, 2.45) is 0 Å². The van der Waals surface area contributed by atoms with Gasteiger partial charge in [-0.1, -0.05) is 22.0 Å². The Labute approximate surface area is 93.0 Å². The number of ether oxygens (including phenoxy) is 1. The summed E-state index contributed by atoms with van der Waals surface area (Å²) in [4.78, 5) is 0. The van der Waals surface area contributed by atoms with Crippen LogP contribution in [0.4, 0.5) is 0 Å². The molecule has 0 saturated heterocycles. The van der Waals surface area contributed by atoms with E-state index in [4.69, 9.17) is 4.74 Å². The summed E-state index contributed by atoms with van der Waals surface area (Å²) in [5, 5.41) is 9.31. The molecule has 2 nitrogen and oxygen atoms in total. The minimum Gasteiger partial charge on any atom is -0.488 e. The van der Waals surface area contributed by atoms with Gasteiger partial charge in [-0.2, -0.15) is 0 Å². The summed E-state index contributed by atoms with van der Waals surface area (Å²) in [6.07, 6.45) is -0.656. The van der Waals surface area contributed by atoms with Crippen molar-refractivity contribution in [2.45, 2.75) is 33.0 Å². The van der Waals surface area contributed by atoms with Gasteiger partial charge >= 0.3 is 0 Å². The summed E-state index contributed by atoms with van der Waals surface area (Å²) in [6, 6.07) is 5.86. The topological polar surface area (TPSA) is 29.5 Å². The van der Waals surface area contributed by atoms with Gasteiger partial charge in [-0.3, -0.25) is 0 Å². The van der Waals surface area contributed by atoms with Gasteiger partial charge in [0.15, 0.2) is 0 Å². The molecule has 2 unspecified atom stereocenters. The zero-order valence-corrected chi connectivity index (χ0v) is 10.2. The smallest absolute Gasteiger partial charge is 0.123 e. The van der Waals surface area contributed by atoms with Crippen LogP contribution < -0.4 is 4.74 Å². The van der Waals surface area contributed by atoms with E-state index in [0.717, 1.165) is 15.8 Å². The van der Waals surface area contributed by atoms with Crippen LogP contribution in [-0.2, 0) is 0 Å². The number of aliphatic hydroxyl groups is 1. The molecule has 0 aliphatic heterocycles. The van der Waals surface area contributed by atoms with E-state index in [9.17, 15) is 5.11 Å². The normalized spacial score (nSPS) is 14.9. The highest BCUT2D eigenvalue weighted by Gasteiger charge is 2.11. The number of halogens is 1. The Morgan fingerprint density at radius 1 is 1.36 bits per heavy atom. The maximum absolute atomic E-state index is 9.31. The van der Waals surface area contributed by atoms with Crippen LogP contribution in [0.1, 0.15) is 19.4 Å². The molecule has 14 heavy (non-hydrogen) atoms. The molecule has 1 aromatic rings. The predicted octanol–water partition coefficient (Wildman–Crippen LogP) is 2.91. The van der Waals surface area contributed by atoms with E-state index in [0.29, 0.717) is 0 Å². The van der Waals surface area contributed by atoms with Crippen LogP contribution >= 0.6 is 15.9 Å². The lowest BCUT2D eigenvalue weighted by Crippen LogP contribution is -2.25. The minimum absolute atomic E-state index is 0.192. The van der Waals surface area contributed by atoms with Crippen LogP contribution in [0.2, 0.25) is 0 Å². The zero-order chi connectivity index (χ0) is 10.7. The summed E-state index contributed by atoms with van der Waals surface area (Å²) in [5.74, 6) is 0.813. The van der Waals surface area contributed by atoms with E-state index in [1.165, 1.54) is 0 Å². The minimum atomic E-state index is -0.464. The number of hydrogen-bond acceptors (Lipinski definition) is 2. The summed E-state index contributed by atoms with van der Waals surface area (Å²) >= 11 is 3.38. The standard InChI is InChI=1S/C11H15BrO2/c1-7-4-5-10(12)6-11(7)14-9(3)8(2)13/h4-6,8-9,13H,1-3H3. The van der Waals surface area contributed by atoms with Gasteiger partial charge in [0, 0.05) is 4.47 Å². The van der Waals surface area contributed by atoms with Crippen molar-refractivity contribution in [1.29, 1.82) is 0 Å². The monoisotopic (exact) mass is 258 g/mol. The Morgan fingerprint density at radius 2 is 2.00 bits per heavy atom. The zero-order valence-electron chi connectivity index (χ0n) is 8.62. The van der Waals surface area contributed by atoms with Crippen molar-refractivity contribution in [2.75, 3.05) is 0 Å². The van der Waals surface area contributed by atoms with Crippen LogP contribution in [0, 0.1) is 6.92 Å². The molecular formula is C11H15BrO2. The second-order valence-corrected chi connectivity index (χ2v) is 4.39. The molecule has 0 radical (unpaired) electrons. The third kappa shape index (κ3) is 3.00. The van der Waals surface area contributed by atoms with Crippen molar-refractivity contribution in [3.8, 4) is 5.75 Å². The van der Waals surface area contributed by atoms with E-state index in [2.05, 4.69) is 15.9 Å². The molecule has 1 N–H and O–H groups in total. The Morgan fingerprint density at radius 3 is 2.57 bits per heavy atom. The molecule has 1 rings (SSSR count). The number of aliphatic hydroxyl groups excluding tert-OH is 1. The molecule has 0 saturated carbocycles.